The van der Waals surface area contributed by atoms with E-state index in [2.05, 4.69) is 20.6 Å². The molecule has 0 saturated heterocycles. The molecular weight excluding hydrogens is 512 g/mol. The van der Waals surface area contributed by atoms with Gasteiger partial charge in [-0.2, -0.15) is 24.9 Å². The number of thiazole rings is 1. The summed E-state index contributed by atoms with van der Waals surface area (Å²) in [7, 11) is 0. The van der Waals surface area contributed by atoms with Crippen molar-refractivity contribution < 1.29 is 17.6 Å². The first-order valence-corrected chi connectivity index (χ1v) is 10.3. The SMILES string of the molecule is CSCCN=C(NCCc1ccco1)NCCc1nc(C(F)(F)F)cs1.I. The molecule has 0 bridgehead atoms. The van der Waals surface area contributed by atoms with Crippen LogP contribution in [-0.2, 0) is 19.0 Å². The van der Waals surface area contributed by atoms with E-state index in [0.717, 1.165) is 34.7 Å². The number of halogens is 4. The average Bonchev–Trinajstić information content (AvgIpc) is 3.25. The number of furan rings is 1. The highest BCUT2D eigenvalue weighted by Gasteiger charge is 2.33. The molecule has 2 rings (SSSR count). The predicted molar refractivity (Wildman–Crippen MR) is 115 cm³/mol. The molecule has 0 atom stereocenters. The largest absolute Gasteiger partial charge is 0.469 e. The van der Waals surface area contributed by atoms with Crippen LogP contribution in [0.3, 0.4) is 0 Å². The quantitative estimate of drug-likeness (QED) is 0.220. The number of hydrogen-bond acceptors (Lipinski definition) is 5. The van der Waals surface area contributed by atoms with Crippen molar-refractivity contribution in [1.29, 1.82) is 0 Å². The molecule has 0 spiro atoms. The molecular formula is C16H22F3IN4OS2. The van der Waals surface area contributed by atoms with Gasteiger partial charge in [0, 0.05) is 37.1 Å². The number of aliphatic imine (C=N–C) groups is 1. The lowest BCUT2D eigenvalue weighted by Gasteiger charge is -2.11. The Morgan fingerprint density at radius 3 is 2.63 bits per heavy atom. The summed E-state index contributed by atoms with van der Waals surface area (Å²) < 4.78 is 43.0. The number of thioether (sulfide) groups is 1. The van der Waals surface area contributed by atoms with Gasteiger partial charge in [-0.15, -0.1) is 35.3 Å². The third-order valence-electron chi connectivity index (χ3n) is 3.28. The summed E-state index contributed by atoms with van der Waals surface area (Å²) in [6.45, 7) is 1.76. The van der Waals surface area contributed by atoms with Crippen LogP contribution in [0.1, 0.15) is 16.5 Å². The van der Waals surface area contributed by atoms with Crippen LogP contribution in [-0.4, -0.2) is 42.6 Å². The van der Waals surface area contributed by atoms with Crippen molar-refractivity contribution in [3.05, 3.63) is 40.2 Å². The number of nitrogens with one attached hydrogen (secondary N) is 2. The van der Waals surface area contributed by atoms with E-state index in [0.29, 0.717) is 37.0 Å². The Kier molecular flexibility index (Phi) is 11.1. The van der Waals surface area contributed by atoms with Crippen LogP contribution in [0.5, 0.6) is 0 Å². The van der Waals surface area contributed by atoms with E-state index in [1.165, 1.54) is 0 Å². The zero-order valence-electron chi connectivity index (χ0n) is 14.7. The maximum atomic E-state index is 12.6. The Morgan fingerprint density at radius 2 is 2.04 bits per heavy atom. The maximum absolute atomic E-state index is 12.6. The smallest absolute Gasteiger partial charge is 0.434 e. The molecule has 0 amide bonds. The Hall–Kier alpha value is -0.950. The fourth-order valence-electron chi connectivity index (χ4n) is 2.03. The highest BCUT2D eigenvalue weighted by Crippen LogP contribution is 2.29. The molecule has 0 aliphatic carbocycles. The van der Waals surface area contributed by atoms with Crippen LogP contribution in [0.2, 0.25) is 0 Å². The van der Waals surface area contributed by atoms with Gasteiger partial charge >= 0.3 is 6.18 Å². The van der Waals surface area contributed by atoms with Crippen molar-refractivity contribution in [3.8, 4) is 0 Å². The molecule has 0 aliphatic heterocycles. The van der Waals surface area contributed by atoms with Gasteiger partial charge in [-0.05, 0) is 18.4 Å². The first-order chi connectivity index (χ1) is 12.5. The molecule has 2 N–H and O–H groups in total. The predicted octanol–water partition coefficient (Wildman–Crippen LogP) is 4.06. The molecule has 11 heteroatoms. The van der Waals surface area contributed by atoms with Gasteiger partial charge in [-0.1, -0.05) is 0 Å². The number of hydrogen-bond donors (Lipinski definition) is 2. The second-order valence-electron chi connectivity index (χ2n) is 5.28. The first-order valence-electron chi connectivity index (χ1n) is 8.04. The standard InChI is InChI=1S/C16H21F3N4OS2.HI/c1-25-10-8-22-15(20-6-4-12-3-2-9-24-12)21-7-5-14-23-13(11-26-14)16(17,18)19;/h2-3,9,11H,4-8,10H2,1H3,(H2,20,21,22);1H. The monoisotopic (exact) mass is 534 g/mol. The minimum atomic E-state index is -4.39. The molecule has 152 valence electrons. The third kappa shape index (κ3) is 9.19. The van der Waals surface area contributed by atoms with Gasteiger partial charge in [-0.25, -0.2) is 4.98 Å². The molecule has 2 heterocycles. The lowest BCUT2D eigenvalue weighted by Crippen LogP contribution is -2.39. The van der Waals surface area contributed by atoms with Gasteiger partial charge < -0.3 is 15.1 Å². The van der Waals surface area contributed by atoms with Crippen molar-refractivity contribution in [2.75, 3.05) is 31.6 Å². The summed E-state index contributed by atoms with van der Waals surface area (Å²) in [4.78, 5) is 8.08. The van der Waals surface area contributed by atoms with E-state index >= 15 is 0 Å². The molecule has 2 aromatic heterocycles. The van der Waals surface area contributed by atoms with Crippen molar-refractivity contribution in [3.63, 3.8) is 0 Å². The number of aromatic nitrogens is 1. The van der Waals surface area contributed by atoms with E-state index in [1.54, 1.807) is 18.0 Å². The molecule has 0 fully saturated rings. The van der Waals surface area contributed by atoms with Gasteiger partial charge in [-0.3, -0.25) is 4.99 Å². The van der Waals surface area contributed by atoms with Crippen LogP contribution >= 0.6 is 47.1 Å². The maximum Gasteiger partial charge on any atom is 0.434 e. The summed E-state index contributed by atoms with van der Waals surface area (Å²) in [5.74, 6) is 2.41. The Balaban J connectivity index is 0.00000364. The zero-order valence-corrected chi connectivity index (χ0v) is 18.7. The minimum Gasteiger partial charge on any atom is -0.469 e. The van der Waals surface area contributed by atoms with E-state index in [1.807, 2.05) is 18.4 Å². The molecule has 0 aromatic carbocycles. The van der Waals surface area contributed by atoms with Crippen LogP contribution in [0, 0.1) is 0 Å². The zero-order chi connectivity index (χ0) is 18.8. The molecule has 0 aliphatic rings. The lowest BCUT2D eigenvalue weighted by atomic mass is 10.3. The van der Waals surface area contributed by atoms with Crippen LogP contribution in [0.4, 0.5) is 13.2 Å². The molecule has 5 nitrogen and oxygen atoms in total. The highest BCUT2D eigenvalue weighted by atomic mass is 127. The summed E-state index contributed by atoms with van der Waals surface area (Å²) in [6, 6.07) is 3.74. The first kappa shape index (κ1) is 24.1. The molecule has 0 unspecified atom stereocenters. The average molecular weight is 534 g/mol. The molecule has 2 aromatic rings. The fourth-order valence-corrected chi connectivity index (χ4v) is 3.10. The summed E-state index contributed by atoms with van der Waals surface area (Å²) in [5, 5.41) is 7.84. The van der Waals surface area contributed by atoms with E-state index in [4.69, 9.17) is 4.42 Å². The number of guanidine groups is 1. The van der Waals surface area contributed by atoms with E-state index in [-0.39, 0.29) is 24.0 Å². The van der Waals surface area contributed by atoms with Crippen molar-refractivity contribution in [1.82, 2.24) is 15.6 Å². The number of alkyl halides is 3. The molecule has 0 saturated carbocycles. The van der Waals surface area contributed by atoms with E-state index < -0.39 is 11.9 Å². The van der Waals surface area contributed by atoms with Crippen molar-refractivity contribution >= 4 is 53.0 Å². The van der Waals surface area contributed by atoms with Gasteiger partial charge in [0.2, 0.25) is 0 Å². The van der Waals surface area contributed by atoms with Crippen LogP contribution < -0.4 is 10.6 Å². The summed E-state index contributed by atoms with van der Waals surface area (Å²) >= 11 is 2.72. The van der Waals surface area contributed by atoms with Crippen LogP contribution in [0.15, 0.2) is 33.2 Å². The molecule has 0 radical (unpaired) electrons. The Morgan fingerprint density at radius 1 is 1.30 bits per heavy atom. The number of rotatable bonds is 9. The van der Waals surface area contributed by atoms with Gasteiger partial charge in [0.25, 0.3) is 0 Å². The van der Waals surface area contributed by atoms with Crippen LogP contribution in [0.25, 0.3) is 0 Å². The summed E-state index contributed by atoms with van der Waals surface area (Å²) in [6.07, 6.45) is 0.373. The Bertz CT molecular complexity index is 678. The second kappa shape index (κ2) is 12.5. The number of nitrogens with zero attached hydrogens (tertiary/aromatic N) is 2. The normalized spacial score (nSPS) is 11.9. The highest BCUT2D eigenvalue weighted by molar-refractivity contribution is 14.0. The van der Waals surface area contributed by atoms with Gasteiger partial charge in [0.1, 0.15) is 5.76 Å². The van der Waals surface area contributed by atoms with E-state index in [9.17, 15) is 13.2 Å². The Labute approximate surface area is 181 Å². The van der Waals surface area contributed by atoms with Gasteiger partial charge in [0.15, 0.2) is 11.7 Å². The third-order valence-corrected chi connectivity index (χ3v) is 4.78. The van der Waals surface area contributed by atoms with Gasteiger partial charge in [0.05, 0.1) is 17.8 Å². The fraction of sp³-hybridized carbons (Fsp3) is 0.500. The summed E-state index contributed by atoms with van der Waals surface area (Å²) in [5.41, 5.74) is -0.831. The molecule has 27 heavy (non-hydrogen) atoms. The van der Waals surface area contributed by atoms with Crippen molar-refractivity contribution in [2.45, 2.75) is 19.0 Å². The minimum absolute atomic E-state index is 0. The second-order valence-corrected chi connectivity index (χ2v) is 7.21. The van der Waals surface area contributed by atoms with Crippen molar-refractivity contribution in [2.24, 2.45) is 4.99 Å². The lowest BCUT2D eigenvalue weighted by molar-refractivity contribution is -0.140. The topological polar surface area (TPSA) is 62.5 Å².